The number of hydrogen-bond donors (Lipinski definition) is 1. The van der Waals surface area contributed by atoms with Crippen LogP contribution in [0.15, 0.2) is 64.8 Å². The number of pyridine rings is 1. The van der Waals surface area contributed by atoms with E-state index in [1.54, 1.807) is 11.6 Å². The van der Waals surface area contributed by atoms with E-state index in [4.69, 9.17) is 9.51 Å². The lowest BCUT2D eigenvalue weighted by atomic mass is 9.77. The Bertz CT molecular complexity index is 1290. The second-order valence-electron chi connectivity index (χ2n) is 13.2. The third-order valence-electron chi connectivity index (χ3n) is 7.96. The fourth-order valence-electron chi connectivity index (χ4n) is 5.42. The molecular weight excluding hydrogens is 484 g/mol. The van der Waals surface area contributed by atoms with E-state index in [0.29, 0.717) is 5.82 Å². The van der Waals surface area contributed by atoms with Crippen molar-refractivity contribution in [2.45, 2.75) is 97.1 Å². The molecule has 0 bridgehead atoms. The molecule has 1 saturated heterocycles. The summed E-state index contributed by atoms with van der Waals surface area (Å²) in [5.74, 6) is 1.07. The maximum atomic E-state index is 12.5. The number of carbonyl (C=O) groups is 1. The number of anilines is 1. The quantitative estimate of drug-likeness (QED) is 0.325. The number of nitrogens with zero attached hydrogens (tertiary/aromatic N) is 3. The van der Waals surface area contributed by atoms with Gasteiger partial charge in [0.2, 0.25) is 5.91 Å². The normalized spacial score (nSPS) is 17.2. The lowest BCUT2D eigenvalue weighted by Gasteiger charge is -2.52. The average Bonchev–Trinajstić information content (AvgIpc) is 3.32. The standard InChI is InChI=1S/C33H44N4O2/c1-31(2,3)28-19-29(36-39-28)35-30(38)18-23-12-14-25(15-13-23)26-16-17-27(34-22-26)11-9-10-24-20-32(4,5)37(8)33(6,7)21-24/h10,12-17,19,22H,9,11,18,20-21H2,1-8H3,(H,35,36,38). The molecule has 3 heterocycles. The van der Waals surface area contributed by atoms with Crippen molar-refractivity contribution in [3.8, 4) is 11.1 Å². The summed E-state index contributed by atoms with van der Waals surface area (Å²) < 4.78 is 5.35. The molecule has 0 saturated carbocycles. The molecule has 1 amide bonds. The van der Waals surface area contributed by atoms with Gasteiger partial charge in [-0.15, -0.1) is 0 Å². The summed E-state index contributed by atoms with van der Waals surface area (Å²) in [6, 6.07) is 14.1. The maximum Gasteiger partial charge on any atom is 0.230 e. The van der Waals surface area contributed by atoms with E-state index < -0.39 is 0 Å². The van der Waals surface area contributed by atoms with Gasteiger partial charge in [0.05, 0.1) is 6.42 Å². The smallest absolute Gasteiger partial charge is 0.230 e. The van der Waals surface area contributed by atoms with Crippen LogP contribution < -0.4 is 5.32 Å². The third-order valence-corrected chi connectivity index (χ3v) is 7.96. The van der Waals surface area contributed by atoms with Crippen molar-refractivity contribution >= 4 is 11.7 Å². The number of benzene rings is 1. The minimum absolute atomic E-state index is 0.120. The van der Waals surface area contributed by atoms with Gasteiger partial charge in [0.15, 0.2) is 5.82 Å². The Kier molecular flexibility index (Phi) is 8.17. The Labute approximate surface area is 233 Å². The SMILES string of the molecule is CN1C(C)(C)CC(=CCCc2ccc(-c3ccc(CC(=O)Nc4cc(C(C)(C)C)on4)cc3)cn2)CC1(C)C. The monoisotopic (exact) mass is 528 g/mol. The molecule has 1 aliphatic rings. The predicted octanol–water partition coefficient (Wildman–Crippen LogP) is 7.36. The van der Waals surface area contributed by atoms with Crippen LogP contribution in [0.4, 0.5) is 5.82 Å². The Balaban J connectivity index is 1.30. The highest BCUT2D eigenvalue weighted by Gasteiger charge is 2.40. The van der Waals surface area contributed by atoms with Crippen molar-refractivity contribution in [3.63, 3.8) is 0 Å². The van der Waals surface area contributed by atoms with Gasteiger partial charge in [-0.3, -0.25) is 14.7 Å². The van der Waals surface area contributed by atoms with Gasteiger partial charge in [-0.25, -0.2) is 0 Å². The zero-order valence-electron chi connectivity index (χ0n) is 24.9. The van der Waals surface area contributed by atoms with Gasteiger partial charge in [-0.1, -0.05) is 67.9 Å². The van der Waals surface area contributed by atoms with Crippen LogP contribution in [0.5, 0.6) is 0 Å². The predicted molar refractivity (Wildman–Crippen MR) is 159 cm³/mol. The average molecular weight is 529 g/mol. The summed E-state index contributed by atoms with van der Waals surface area (Å²) in [7, 11) is 2.25. The van der Waals surface area contributed by atoms with Gasteiger partial charge in [-0.05, 0) is 77.6 Å². The fraction of sp³-hybridized carbons (Fsp3) is 0.485. The molecule has 208 valence electrons. The molecule has 0 radical (unpaired) electrons. The highest BCUT2D eigenvalue weighted by atomic mass is 16.5. The minimum Gasteiger partial charge on any atom is -0.359 e. The first-order valence-electron chi connectivity index (χ1n) is 14.0. The van der Waals surface area contributed by atoms with Crippen LogP contribution in [0.25, 0.3) is 11.1 Å². The highest BCUT2D eigenvalue weighted by Crippen LogP contribution is 2.39. The van der Waals surface area contributed by atoms with Crippen LogP contribution in [0, 0.1) is 0 Å². The van der Waals surface area contributed by atoms with Crippen LogP contribution >= 0.6 is 0 Å². The van der Waals surface area contributed by atoms with Crippen molar-refractivity contribution in [1.82, 2.24) is 15.0 Å². The van der Waals surface area contributed by atoms with Crippen LogP contribution in [-0.2, 0) is 23.1 Å². The zero-order chi connectivity index (χ0) is 28.4. The molecular formula is C33H44N4O2. The molecule has 0 aliphatic carbocycles. The van der Waals surface area contributed by atoms with Crippen molar-refractivity contribution in [2.24, 2.45) is 0 Å². The first-order valence-corrected chi connectivity index (χ1v) is 14.0. The van der Waals surface area contributed by atoms with Gasteiger partial charge < -0.3 is 9.84 Å². The van der Waals surface area contributed by atoms with Crippen LogP contribution in [0.2, 0.25) is 0 Å². The van der Waals surface area contributed by atoms with E-state index >= 15 is 0 Å². The number of allylic oxidation sites excluding steroid dienone is 1. The largest absolute Gasteiger partial charge is 0.359 e. The number of hydrogen-bond acceptors (Lipinski definition) is 5. The third kappa shape index (κ3) is 7.24. The van der Waals surface area contributed by atoms with E-state index in [9.17, 15) is 4.79 Å². The number of likely N-dealkylation sites (tertiary alicyclic amines) is 1. The van der Waals surface area contributed by atoms with Crippen LogP contribution in [0.3, 0.4) is 0 Å². The molecule has 1 aromatic carbocycles. The number of aryl methyl sites for hydroxylation is 1. The van der Waals surface area contributed by atoms with Crippen molar-refractivity contribution in [1.29, 1.82) is 0 Å². The first-order chi connectivity index (χ1) is 18.2. The lowest BCUT2D eigenvalue weighted by Crippen LogP contribution is -2.56. The zero-order valence-corrected chi connectivity index (χ0v) is 24.9. The molecule has 0 unspecified atom stereocenters. The maximum absolute atomic E-state index is 12.5. The molecule has 2 aromatic heterocycles. The number of nitrogens with one attached hydrogen (secondary N) is 1. The van der Waals surface area contributed by atoms with E-state index in [2.05, 4.69) is 68.3 Å². The van der Waals surface area contributed by atoms with Crippen molar-refractivity contribution < 1.29 is 9.32 Å². The minimum atomic E-state index is -0.155. The van der Waals surface area contributed by atoms with E-state index in [1.165, 1.54) is 0 Å². The number of piperidine rings is 1. The molecule has 1 N–H and O–H groups in total. The summed E-state index contributed by atoms with van der Waals surface area (Å²) in [6.07, 6.45) is 8.86. The van der Waals surface area contributed by atoms with Gasteiger partial charge in [0.25, 0.3) is 0 Å². The molecule has 6 nitrogen and oxygen atoms in total. The molecule has 4 rings (SSSR count). The number of carbonyl (C=O) groups excluding carboxylic acids is 1. The molecule has 39 heavy (non-hydrogen) atoms. The first kappa shape index (κ1) is 28.8. The Morgan fingerprint density at radius 3 is 2.23 bits per heavy atom. The number of rotatable bonds is 7. The van der Waals surface area contributed by atoms with Gasteiger partial charge >= 0.3 is 0 Å². The van der Waals surface area contributed by atoms with Gasteiger partial charge in [-0.2, -0.15) is 0 Å². The summed E-state index contributed by atoms with van der Waals surface area (Å²) in [5.41, 5.74) is 5.97. The van der Waals surface area contributed by atoms with Crippen molar-refractivity contribution in [2.75, 3.05) is 12.4 Å². The summed E-state index contributed by atoms with van der Waals surface area (Å²) in [5, 5.41) is 6.79. The number of amides is 1. The lowest BCUT2D eigenvalue weighted by molar-refractivity contribution is -0.115. The van der Waals surface area contributed by atoms with Gasteiger partial charge in [0.1, 0.15) is 5.76 Å². The molecule has 6 heteroatoms. The van der Waals surface area contributed by atoms with E-state index in [1.807, 2.05) is 51.2 Å². The summed E-state index contributed by atoms with van der Waals surface area (Å²) in [4.78, 5) is 19.7. The molecule has 0 spiro atoms. The van der Waals surface area contributed by atoms with Crippen molar-refractivity contribution in [3.05, 3.63) is 77.3 Å². The number of aromatic nitrogens is 2. The van der Waals surface area contributed by atoms with E-state index in [-0.39, 0.29) is 28.8 Å². The second kappa shape index (κ2) is 11.1. The molecule has 0 atom stereocenters. The molecule has 1 aliphatic heterocycles. The highest BCUT2D eigenvalue weighted by molar-refractivity contribution is 5.91. The Morgan fingerprint density at radius 2 is 1.67 bits per heavy atom. The fourth-order valence-corrected chi connectivity index (χ4v) is 5.42. The Hall–Kier alpha value is -3.25. The molecule has 3 aromatic rings. The Morgan fingerprint density at radius 1 is 1.03 bits per heavy atom. The van der Waals surface area contributed by atoms with Crippen LogP contribution in [0.1, 0.15) is 84.7 Å². The summed E-state index contributed by atoms with van der Waals surface area (Å²) >= 11 is 0. The summed E-state index contributed by atoms with van der Waals surface area (Å²) in [6.45, 7) is 15.5. The topological polar surface area (TPSA) is 71.3 Å². The molecule has 1 fully saturated rings. The van der Waals surface area contributed by atoms with Gasteiger partial charge in [0, 0.05) is 40.0 Å². The second-order valence-corrected chi connectivity index (χ2v) is 13.2. The van der Waals surface area contributed by atoms with Crippen LogP contribution in [-0.4, -0.2) is 39.1 Å². The van der Waals surface area contributed by atoms with E-state index in [0.717, 1.165) is 53.8 Å².